The highest BCUT2D eigenvalue weighted by atomic mass is 32.2. The second-order valence-electron chi connectivity index (χ2n) is 7.03. The van der Waals surface area contributed by atoms with Crippen LogP contribution in [-0.4, -0.2) is 49.7 Å². The minimum atomic E-state index is -3.13. The van der Waals surface area contributed by atoms with Crippen LogP contribution in [0.3, 0.4) is 0 Å². The summed E-state index contributed by atoms with van der Waals surface area (Å²) in [7, 11) is -3.13. The average Bonchev–Trinajstić information content (AvgIpc) is 2.61. The van der Waals surface area contributed by atoms with Crippen LogP contribution in [0.5, 0.6) is 0 Å². The van der Waals surface area contributed by atoms with Gasteiger partial charge in [0.2, 0.25) is 10.0 Å². The van der Waals surface area contributed by atoms with Crippen molar-refractivity contribution < 1.29 is 13.2 Å². The largest absolute Gasteiger partial charge is 0.336 e. The van der Waals surface area contributed by atoms with E-state index in [2.05, 4.69) is 22.8 Å². The first-order chi connectivity index (χ1) is 12.4. The Bertz CT molecular complexity index is 656. The van der Waals surface area contributed by atoms with Crippen molar-refractivity contribution in [2.75, 3.05) is 18.8 Å². The number of rotatable bonds is 8. The molecule has 0 radical (unpaired) electrons. The maximum atomic E-state index is 12.2. The molecule has 2 rings (SSSR count). The van der Waals surface area contributed by atoms with E-state index < -0.39 is 10.0 Å². The Morgan fingerprint density at radius 1 is 1.23 bits per heavy atom. The molecule has 1 saturated heterocycles. The summed E-state index contributed by atoms with van der Waals surface area (Å²) in [6.07, 6.45) is 3.76. The molecule has 0 aliphatic carbocycles. The SMILES string of the molecule is CCCS(=O)(=O)N1CCC(NC(=O)NC(C)CCc2ccccc2)CC1. The fraction of sp³-hybridized carbons (Fsp3) is 0.632. The number of benzene rings is 1. The predicted molar refractivity (Wildman–Crippen MR) is 105 cm³/mol. The Labute approximate surface area is 157 Å². The van der Waals surface area contributed by atoms with Gasteiger partial charge in [-0.15, -0.1) is 0 Å². The van der Waals surface area contributed by atoms with Crippen LogP contribution in [0.25, 0.3) is 0 Å². The molecule has 1 aliphatic rings. The van der Waals surface area contributed by atoms with E-state index in [1.165, 1.54) is 5.56 Å². The molecule has 1 aromatic rings. The van der Waals surface area contributed by atoms with Crippen LogP contribution >= 0.6 is 0 Å². The summed E-state index contributed by atoms with van der Waals surface area (Å²) in [5.74, 6) is 0.199. The van der Waals surface area contributed by atoms with Crippen molar-refractivity contribution in [2.45, 2.75) is 58.0 Å². The van der Waals surface area contributed by atoms with E-state index in [-0.39, 0.29) is 23.9 Å². The molecule has 0 aromatic heterocycles. The molecule has 146 valence electrons. The van der Waals surface area contributed by atoms with Gasteiger partial charge in [-0.05, 0) is 44.6 Å². The summed E-state index contributed by atoms with van der Waals surface area (Å²) in [6.45, 7) is 4.84. The second kappa shape index (κ2) is 9.92. The highest BCUT2D eigenvalue weighted by Crippen LogP contribution is 2.15. The maximum absolute atomic E-state index is 12.2. The summed E-state index contributed by atoms with van der Waals surface area (Å²) in [5, 5.41) is 5.96. The van der Waals surface area contributed by atoms with Gasteiger partial charge >= 0.3 is 6.03 Å². The molecule has 1 heterocycles. The summed E-state index contributed by atoms with van der Waals surface area (Å²) < 4.78 is 25.7. The third-order valence-corrected chi connectivity index (χ3v) is 6.81. The number of carbonyl (C=O) groups excluding carboxylic acids is 1. The summed E-state index contributed by atoms with van der Waals surface area (Å²) in [4.78, 5) is 12.2. The van der Waals surface area contributed by atoms with Gasteiger partial charge in [-0.3, -0.25) is 0 Å². The number of piperidine rings is 1. The van der Waals surface area contributed by atoms with Gasteiger partial charge in [-0.2, -0.15) is 0 Å². The predicted octanol–water partition coefficient (Wildman–Crippen LogP) is 2.51. The number of hydrogen-bond acceptors (Lipinski definition) is 3. The molecule has 1 aliphatic heterocycles. The van der Waals surface area contributed by atoms with Crippen molar-refractivity contribution in [3.63, 3.8) is 0 Å². The molecule has 0 bridgehead atoms. The lowest BCUT2D eigenvalue weighted by Gasteiger charge is -2.31. The summed E-state index contributed by atoms with van der Waals surface area (Å²) in [6, 6.07) is 10.2. The standard InChI is InChI=1S/C19H31N3O3S/c1-3-15-26(24,25)22-13-11-18(12-14-22)21-19(23)20-16(2)9-10-17-7-5-4-6-8-17/h4-8,16,18H,3,9-15H2,1-2H3,(H2,20,21,23). The van der Waals surface area contributed by atoms with Crippen molar-refractivity contribution in [1.82, 2.24) is 14.9 Å². The summed E-state index contributed by atoms with van der Waals surface area (Å²) >= 11 is 0. The molecule has 6 nitrogen and oxygen atoms in total. The number of urea groups is 1. The monoisotopic (exact) mass is 381 g/mol. The van der Waals surface area contributed by atoms with E-state index in [0.29, 0.717) is 32.4 Å². The fourth-order valence-electron chi connectivity index (χ4n) is 3.22. The number of nitrogens with zero attached hydrogens (tertiary/aromatic N) is 1. The number of carbonyl (C=O) groups is 1. The van der Waals surface area contributed by atoms with Crippen LogP contribution in [-0.2, 0) is 16.4 Å². The topological polar surface area (TPSA) is 78.5 Å². The minimum Gasteiger partial charge on any atom is -0.336 e. The molecular weight excluding hydrogens is 350 g/mol. The van der Waals surface area contributed by atoms with Gasteiger partial charge in [0.15, 0.2) is 0 Å². The van der Waals surface area contributed by atoms with Crippen molar-refractivity contribution in [3.8, 4) is 0 Å². The van der Waals surface area contributed by atoms with Gasteiger partial charge in [-0.1, -0.05) is 37.3 Å². The van der Waals surface area contributed by atoms with Crippen LogP contribution in [0, 0.1) is 0 Å². The Hall–Kier alpha value is -1.60. The molecule has 0 spiro atoms. The molecule has 26 heavy (non-hydrogen) atoms. The molecule has 1 fully saturated rings. The molecule has 2 N–H and O–H groups in total. The van der Waals surface area contributed by atoms with Gasteiger partial charge < -0.3 is 10.6 Å². The normalized spacial score (nSPS) is 17.6. The van der Waals surface area contributed by atoms with Crippen LogP contribution in [0.4, 0.5) is 4.79 Å². The van der Waals surface area contributed by atoms with E-state index >= 15 is 0 Å². The quantitative estimate of drug-likeness (QED) is 0.726. The highest BCUT2D eigenvalue weighted by Gasteiger charge is 2.28. The number of aryl methyl sites for hydroxylation is 1. The second-order valence-corrected chi connectivity index (χ2v) is 9.12. The molecule has 1 atom stereocenters. The van der Waals surface area contributed by atoms with Crippen molar-refractivity contribution in [1.29, 1.82) is 0 Å². The van der Waals surface area contributed by atoms with E-state index in [1.807, 2.05) is 32.0 Å². The number of amides is 2. The number of nitrogens with one attached hydrogen (secondary N) is 2. The van der Waals surface area contributed by atoms with E-state index in [1.54, 1.807) is 4.31 Å². The number of hydrogen-bond donors (Lipinski definition) is 2. The zero-order valence-electron chi connectivity index (χ0n) is 15.8. The Morgan fingerprint density at radius 3 is 2.50 bits per heavy atom. The number of sulfonamides is 1. The van der Waals surface area contributed by atoms with Crippen molar-refractivity contribution >= 4 is 16.1 Å². The molecule has 1 unspecified atom stereocenters. The lowest BCUT2D eigenvalue weighted by Crippen LogP contribution is -2.50. The van der Waals surface area contributed by atoms with Crippen molar-refractivity contribution in [2.24, 2.45) is 0 Å². The first kappa shape index (κ1) is 20.7. The third kappa shape index (κ3) is 6.61. The Kier molecular flexibility index (Phi) is 7.90. The van der Waals surface area contributed by atoms with E-state index in [0.717, 1.165) is 12.8 Å². The van der Waals surface area contributed by atoms with E-state index in [4.69, 9.17) is 0 Å². The first-order valence-electron chi connectivity index (χ1n) is 9.49. The zero-order chi connectivity index (χ0) is 19.0. The smallest absolute Gasteiger partial charge is 0.315 e. The molecule has 2 amide bonds. The lowest BCUT2D eigenvalue weighted by atomic mass is 10.1. The third-order valence-electron chi connectivity index (χ3n) is 4.73. The van der Waals surface area contributed by atoms with Crippen LogP contribution in [0.1, 0.15) is 45.1 Å². The average molecular weight is 382 g/mol. The van der Waals surface area contributed by atoms with Crippen LogP contribution in [0.2, 0.25) is 0 Å². The highest BCUT2D eigenvalue weighted by molar-refractivity contribution is 7.89. The van der Waals surface area contributed by atoms with Gasteiger partial charge in [-0.25, -0.2) is 17.5 Å². The molecular formula is C19H31N3O3S. The van der Waals surface area contributed by atoms with Crippen LogP contribution < -0.4 is 10.6 Å². The molecule has 7 heteroatoms. The van der Waals surface area contributed by atoms with Gasteiger partial charge in [0.05, 0.1) is 5.75 Å². The van der Waals surface area contributed by atoms with Crippen molar-refractivity contribution in [3.05, 3.63) is 35.9 Å². The molecule has 1 aromatic carbocycles. The van der Waals surface area contributed by atoms with E-state index in [9.17, 15) is 13.2 Å². The minimum absolute atomic E-state index is 0.0319. The molecule has 0 saturated carbocycles. The lowest BCUT2D eigenvalue weighted by molar-refractivity contribution is 0.224. The van der Waals surface area contributed by atoms with Gasteiger partial charge in [0, 0.05) is 25.2 Å². The zero-order valence-corrected chi connectivity index (χ0v) is 16.6. The summed E-state index contributed by atoms with van der Waals surface area (Å²) in [5.41, 5.74) is 1.27. The Morgan fingerprint density at radius 2 is 1.88 bits per heavy atom. The van der Waals surface area contributed by atoms with Gasteiger partial charge in [0.25, 0.3) is 0 Å². The van der Waals surface area contributed by atoms with Crippen LogP contribution in [0.15, 0.2) is 30.3 Å². The Balaban J connectivity index is 1.68. The maximum Gasteiger partial charge on any atom is 0.315 e. The fourth-order valence-corrected chi connectivity index (χ4v) is 4.76. The van der Waals surface area contributed by atoms with Gasteiger partial charge in [0.1, 0.15) is 0 Å². The first-order valence-corrected chi connectivity index (χ1v) is 11.1.